The summed E-state index contributed by atoms with van der Waals surface area (Å²) < 4.78 is 0. The summed E-state index contributed by atoms with van der Waals surface area (Å²) in [5.74, 6) is 0.0771. The molecule has 0 aliphatic heterocycles. The topological polar surface area (TPSA) is 58.0 Å². The first kappa shape index (κ1) is 13.9. The number of halogens is 1. The van der Waals surface area contributed by atoms with Crippen LogP contribution in [-0.4, -0.2) is 15.1 Å². The summed E-state index contributed by atoms with van der Waals surface area (Å²) in [7, 11) is 0. The zero-order chi connectivity index (χ0) is 14.7. The quantitative estimate of drug-likeness (QED) is 0.709. The molecule has 21 heavy (non-hydrogen) atoms. The summed E-state index contributed by atoms with van der Waals surface area (Å²) in [4.78, 5) is 8.83. The van der Waals surface area contributed by atoms with Gasteiger partial charge in [-0.2, -0.15) is 0 Å². The molecule has 0 saturated carbocycles. The Labute approximate surface area is 131 Å². The number of nitrogens with one attached hydrogen (secondary N) is 1. The number of phenols is 1. The van der Waals surface area contributed by atoms with Crippen molar-refractivity contribution in [2.24, 2.45) is 0 Å². The van der Waals surface area contributed by atoms with Crippen LogP contribution in [0.1, 0.15) is 5.69 Å². The summed E-state index contributed by atoms with van der Waals surface area (Å²) in [6, 6.07) is 10.8. The van der Waals surface area contributed by atoms with E-state index >= 15 is 0 Å². The van der Waals surface area contributed by atoms with Crippen LogP contribution in [0.5, 0.6) is 5.75 Å². The minimum atomic E-state index is 0.0771. The molecular formula is C15H12ClN3OS. The maximum atomic E-state index is 9.38. The van der Waals surface area contributed by atoms with Crippen LogP contribution in [0.2, 0.25) is 5.02 Å². The van der Waals surface area contributed by atoms with E-state index in [0.717, 1.165) is 22.1 Å². The smallest absolute Gasteiger partial charge is 0.142 e. The molecular weight excluding hydrogens is 306 g/mol. The zero-order valence-corrected chi connectivity index (χ0v) is 12.5. The van der Waals surface area contributed by atoms with Gasteiger partial charge in [0, 0.05) is 17.3 Å². The van der Waals surface area contributed by atoms with Gasteiger partial charge in [0.2, 0.25) is 0 Å². The van der Waals surface area contributed by atoms with Crippen molar-refractivity contribution in [2.45, 2.75) is 6.54 Å². The molecule has 0 aliphatic rings. The van der Waals surface area contributed by atoms with Crippen LogP contribution in [0.15, 0.2) is 48.0 Å². The molecule has 0 unspecified atom stereocenters. The molecule has 0 spiro atoms. The Kier molecular flexibility index (Phi) is 4.03. The number of benzene rings is 1. The Morgan fingerprint density at radius 1 is 1.24 bits per heavy atom. The summed E-state index contributed by atoms with van der Waals surface area (Å²) in [5.41, 5.74) is 2.65. The molecule has 0 amide bonds. The van der Waals surface area contributed by atoms with Gasteiger partial charge in [-0.3, -0.25) is 4.98 Å². The van der Waals surface area contributed by atoms with Gasteiger partial charge in [-0.1, -0.05) is 17.7 Å². The second kappa shape index (κ2) is 6.11. The fraction of sp³-hybridized carbons (Fsp3) is 0.0667. The van der Waals surface area contributed by atoms with Gasteiger partial charge in [-0.25, -0.2) is 4.98 Å². The lowest BCUT2D eigenvalue weighted by Crippen LogP contribution is -1.99. The average molecular weight is 318 g/mol. The first-order valence-electron chi connectivity index (χ1n) is 6.30. The zero-order valence-electron chi connectivity index (χ0n) is 11.0. The molecule has 0 fully saturated rings. The Morgan fingerprint density at radius 2 is 2.14 bits per heavy atom. The van der Waals surface area contributed by atoms with Crippen molar-refractivity contribution in [3.8, 4) is 16.5 Å². The maximum absolute atomic E-state index is 9.38. The van der Waals surface area contributed by atoms with Crippen LogP contribution in [0, 0.1) is 0 Å². The molecule has 0 atom stereocenters. The number of phenolic OH excluding ortho intramolecular Hbond substituents is 1. The summed E-state index contributed by atoms with van der Waals surface area (Å²) in [5, 5.41) is 15.8. The molecule has 4 nitrogen and oxygen atoms in total. The van der Waals surface area contributed by atoms with E-state index in [9.17, 15) is 5.11 Å². The molecule has 0 bridgehead atoms. The number of nitrogens with zero attached hydrogens (tertiary/aromatic N) is 2. The van der Waals surface area contributed by atoms with E-state index < -0.39 is 0 Å². The lowest BCUT2D eigenvalue weighted by Gasteiger charge is -2.05. The van der Waals surface area contributed by atoms with Crippen molar-refractivity contribution in [1.29, 1.82) is 0 Å². The SMILES string of the molecule is Oc1ccc(NCc2csc(-c3ccccn3)n2)cc1Cl. The van der Waals surface area contributed by atoms with Crippen molar-refractivity contribution >= 4 is 28.6 Å². The summed E-state index contributed by atoms with van der Waals surface area (Å²) in [6.07, 6.45) is 1.76. The van der Waals surface area contributed by atoms with Crippen molar-refractivity contribution in [2.75, 3.05) is 5.32 Å². The Morgan fingerprint density at radius 3 is 2.90 bits per heavy atom. The van der Waals surface area contributed by atoms with Crippen molar-refractivity contribution < 1.29 is 5.11 Å². The number of aromatic hydroxyl groups is 1. The van der Waals surface area contributed by atoms with E-state index in [0.29, 0.717) is 11.6 Å². The average Bonchev–Trinajstić information content (AvgIpc) is 2.98. The van der Waals surface area contributed by atoms with Gasteiger partial charge in [0.25, 0.3) is 0 Å². The van der Waals surface area contributed by atoms with Crippen LogP contribution in [0.4, 0.5) is 5.69 Å². The van der Waals surface area contributed by atoms with Crippen molar-refractivity contribution in [1.82, 2.24) is 9.97 Å². The number of thiazole rings is 1. The molecule has 0 aliphatic carbocycles. The molecule has 0 radical (unpaired) electrons. The van der Waals surface area contributed by atoms with Crippen LogP contribution in [0.25, 0.3) is 10.7 Å². The first-order chi connectivity index (χ1) is 10.2. The van der Waals surface area contributed by atoms with E-state index in [1.807, 2.05) is 23.6 Å². The third-order valence-corrected chi connectivity index (χ3v) is 4.07. The highest BCUT2D eigenvalue weighted by atomic mass is 35.5. The number of hydrogen-bond acceptors (Lipinski definition) is 5. The Balaban J connectivity index is 1.69. The number of rotatable bonds is 4. The minimum absolute atomic E-state index is 0.0771. The van der Waals surface area contributed by atoms with Crippen LogP contribution >= 0.6 is 22.9 Å². The van der Waals surface area contributed by atoms with Gasteiger partial charge < -0.3 is 10.4 Å². The van der Waals surface area contributed by atoms with Gasteiger partial charge in [0.15, 0.2) is 0 Å². The van der Waals surface area contributed by atoms with Gasteiger partial charge in [-0.15, -0.1) is 11.3 Å². The minimum Gasteiger partial charge on any atom is -0.506 e. The molecule has 3 aromatic rings. The molecule has 2 N–H and O–H groups in total. The number of pyridine rings is 1. The molecule has 6 heteroatoms. The standard InChI is InChI=1S/C15H12ClN3OS/c16-12-7-10(4-5-14(12)20)18-8-11-9-21-15(19-11)13-3-1-2-6-17-13/h1-7,9,18,20H,8H2. The van der Waals surface area contributed by atoms with Crippen LogP contribution in [0.3, 0.4) is 0 Å². The van der Waals surface area contributed by atoms with E-state index in [1.165, 1.54) is 0 Å². The largest absolute Gasteiger partial charge is 0.506 e. The molecule has 106 valence electrons. The van der Waals surface area contributed by atoms with Gasteiger partial charge in [0.1, 0.15) is 10.8 Å². The monoisotopic (exact) mass is 317 g/mol. The fourth-order valence-corrected chi connectivity index (χ4v) is 2.78. The highest BCUT2D eigenvalue weighted by molar-refractivity contribution is 7.13. The lowest BCUT2D eigenvalue weighted by atomic mass is 10.3. The van der Waals surface area contributed by atoms with E-state index in [1.54, 1.807) is 35.7 Å². The third kappa shape index (κ3) is 3.32. The van der Waals surface area contributed by atoms with E-state index in [2.05, 4.69) is 15.3 Å². The van der Waals surface area contributed by atoms with Gasteiger partial charge in [-0.05, 0) is 30.3 Å². The van der Waals surface area contributed by atoms with Gasteiger partial charge in [0.05, 0.1) is 23.0 Å². The summed E-state index contributed by atoms with van der Waals surface area (Å²) in [6.45, 7) is 0.588. The number of anilines is 1. The lowest BCUT2D eigenvalue weighted by molar-refractivity contribution is 0.475. The van der Waals surface area contributed by atoms with Crippen molar-refractivity contribution in [3.63, 3.8) is 0 Å². The molecule has 3 rings (SSSR count). The van der Waals surface area contributed by atoms with E-state index in [-0.39, 0.29) is 5.75 Å². The molecule has 2 aromatic heterocycles. The first-order valence-corrected chi connectivity index (χ1v) is 7.56. The molecule has 0 saturated heterocycles. The van der Waals surface area contributed by atoms with E-state index in [4.69, 9.17) is 11.6 Å². The van der Waals surface area contributed by atoms with Crippen molar-refractivity contribution in [3.05, 3.63) is 58.7 Å². The van der Waals surface area contributed by atoms with Crippen LogP contribution < -0.4 is 5.32 Å². The highest BCUT2D eigenvalue weighted by Crippen LogP contribution is 2.27. The predicted molar refractivity (Wildman–Crippen MR) is 85.8 cm³/mol. The van der Waals surface area contributed by atoms with Gasteiger partial charge >= 0.3 is 0 Å². The maximum Gasteiger partial charge on any atom is 0.142 e. The highest BCUT2D eigenvalue weighted by Gasteiger charge is 2.06. The molecule has 2 heterocycles. The molecule has 1 aromatic carbocycles. The summed E-state index contributed by atoms with van der Waals surface area (Å²) >= 11 is 7.43. The number of hydrogen-bond donors (Lipinski definition) is 2. The second-order valence-electron chi connectivity index (χ2n) is 4.38. The Hall–Kier alpha value is -2.11. The third-order valence-electron chi connectivity index (χ3n) is 2.86. The normalized spacial score (nSPS) is 10.5. The Bertz CT molecular complexity index is 746. The fourth-order valence-electron chi connectivity index (χ4n) is 1.80. The second-order valence-corrected chi connectivity index (χ2v) is 5.64. The van der Waals surface area contributed by atoms with Crippen LogP contribution in [-0.2, 0) is 6.54 Å². The predicted octanol–water partition coefficient (Wildman–Crippen LogP) is 4.18. The number of aromatic nitrogens is 2.